The zero-order valence-electron chi connectivity index (χ0n) is 22.8. The van der Waals surface area contributed by atoms with E-state index in [-0.39, 0.29) is 6.10 Å². The van der Waals surface area contributed by atoms with Crippen LogP contribution in [0.4, 0.5) is 0 Å². The van der Waals surface area contributed by atoms with Crippen LogP contribution in [0.3, 0.4) is 0 Å². The second-order valence-electron chi connectivity index (χ2n) is 8.27. The molecule has 7 heteroatoms. The Hall–Kier alpha value is -0.716. The van der Waals surface area contributed by atoms with E-state index >= 15 is 0 Å². The Kier molecular flexibility index (Phi) is 63.0. The minimum absolute atomic E-state index is 0.167. The number of aliphatic hydroxyl groups excluding tert-OH is 1. The molecular formula is C27H54O6Ti. The van der Waals surface area contributed by atoms with Crippen LogP contribution in [-0.2, 0) is 38.1 Å². The predicted octanol–water partition coefficient (Wildman–Crippen LogP) is 7.61. The third kappa shape index (κ3) is 85.8. The molecule has 0 atom stereocenters. The second kappa shape index (κ2) is 49.4. The first kappa shape index (κ1) is 43.4. The van der Waals surface area contributed by atoms with Crippen molar-refractivity contribution in [2.45, 2.75) is 156 Å². The van der Waals surface area contributed by atoms with Gasteiger partial charge in [0.25, 0.3) is 0 Å². The number of aliphatic carboxylic acids is 1. The van der Waals surface area contributed by atoms with E-state index in [1.165, 1.54) is 70.6 Å². The van der Waals surface area contributed by atoms with Gasteiger partial charge >= 0.3 is 29.7 Å². The van der Waals surface area contributed by atoms with Crippen molar-refractivity contribution in [2.24, 2.45) is 0 Å². The summed E-state index contributed by atoms with van der Waals surface area (Å²) in [7, 11) is 0. The number of hydrogen-bond acceptors (Lipinski definition) is 5. The van der Waals surface area contributed by atoms with Crippen molar-refractivity contribution >= 4 is 18.5 Å². The number of aliphatic hydroxyl groups is 1. The Balaban J connectivity index is -0.000000111. The predicted molar refractivity (Wildman–Crippen MR) is 137 cm³/mol. The molecule has 0 radical (unpaired) electrons. The van der Waals surface area contributed by atoms with Gasteiger partial charge in [-0.2, -0.15) is 12.8 Å². The number of carboxylic acids is 1. The molecule has 0 heterocycles. The van der Waals surface area contributed by atoms with Crippen LogP contribution < -0.4 is 0 Å². The molecule has 0 saturated heterocycles. The number of rotatable bonds is 18. The summed E-state index contributed by atoms with van der Waals surface area (Å²) in [6, 6.07) is 0. The van der Waals surface area contributed by atoms with Gasteiger partial charge in [-0.15, -0.1) is 0 Å². The summed E-state index contributed by atoms with van der Waals surface area (Å²) < 4.78 is 8.25. The van der Waals surface area contributed by atoms with E-state index in [4.69, 9.17) is 13.5 Å². The van der Waals surface area contributed by atoms with Gasteiger partial charge in [0.15, 0.2) is 0 Å². The standard InChI is InChI=1S/C8H16O2.2C8H15O.C3H8O.O.Ti/c1-2-3-4-5-6-7-8(9)10;2*1-2-3-4-5-6-7-8-9;1-3(2)4;;/h2-7H2,1H3,(H,9,10);2*2-7H2,1H3;3-4H,1-2H3;;/q;2*-1;;;+2. The monoisotopic (exact) mass is 522 g/mol. The van der Waals surface area contributed by atoms with E-state index in [1.54, 1.807) is 13.8 Å². The van der Waals surface area contributed by atoms with Gasteiger partial charge in [0.1, 0.15) is 0 Å². The SMILES string of the molecule is CC(C)O.CCCCCCCC(=O)O.CCCCCCC[C-]=O.CCCCCCC[C-]=O.[O]=[Ti+2]. The van der Waals surface area contributed by atoms with Crippen LogP contribution in [0.1, 0.15) is 150 Å². The van der Waals surface area contributed by atoms with Crippen molar-refractivity contribution in [2.75, 3.05) is 0 Å². The normalized spacial score (nSPS) is 9.09. The molecule has 0 unspecified atom stereocenters. The van der Waals surface area contributed by atoms with Gasteiger partial charge in [-0.25, -0.2) is 0 Å². The summed E-state index contributed by atoms with van der Waals surface area (Å²) in [5.41, 5.74) is 0. The molecule has 0 spiro atoms. The van der Waals surface area contributed by atoms with E-state index < -0.39 is 5.97 Å². The molecule has 0 aromatic carbocycles. The summed E-state index contributed by atoms with van der Waals surface area (Å²) >= 11 is 0.750. The van der Waals surface area contributed by atoms with E-state index in [1.807, 2.05) is 12.6 Å². The van der Waals surface area contributed by atoms with Crippen molar-refractivity contribution < 1.29 is 48.3 Å². The van der Waals surface area contributed by atoms with Crippen molar-refractivity contribution in [3.8, 4) is 0 Å². The molecule has 0 aliphatic rings. The molecule has 0 aromatic rings. The molecule has 0 aliphatic heterocycles. The first-order valence-corrected chi connectivity index (χ1v) is 13.8. The number of carboxylic acid groups (broad SMARTS) is 1. The molecule has 0 rings (SSSR count). The molecule has 0 aromatic heterocycles. The molecule has 34 heavy (non-hydrogen) atoms. The molecule has 0 fully saturated rings. The maximum atomic E-state index is 10.0. The Morgan fingerprint density at radius 3 is 1.15 bits per heavy atom. The van der Waals surface area contributed by atoms with Gasteiger partial charge in [0.2, 0.25) is 0 Å². The van der Waals surface area contributed by atoms with Gasteiger partial charge < -0.3 is 19.8 Å². The first-order chi connectivity index (χ1) is 16.3. The zero-order chi connectivity index (χ0) is 27.3. The number of carbonyl (C=O) groups is 1. The Morgan fingerprint density at radius 1 is 0.647 bits per heavy atom. The fourth-order valence-electron chi connectivity index (χ4n) is 2.48. The van der Waals surface area contributed by atoms with E-state index in [9.17, 15) is 14.4 Å². The molecule has 0 aliphatic carbocycles. The third-order valence-electron chi connectivity index (χ3n) is 4.26. The van der Waals surface area contributed by atoms with E-state index in [2.05, 4.69) is 20.8 Å². The zero-order valence-corrected chi connectivity index (χ0v) is 24.4. The molecule has 202 valence electrons. The second-order valence-corrected chi connectivity index (χ2v) is 8.27. The summed E-state index contributed by atoms with van der Waals surface area (Å²) in [6.45, 7) is 9.97. The van der Waals surface area contributed by atoms with Crippen LogP contribution in [-0.4, -0.2) is 34.9 Å². The Labute approximate surface area is 222 Å². The summed E-state index contributed by atoms with van der Waals surface area (Å²) in [4.78, 5) is 29.5. The fraction of sp³-hybridized carbons (Fsp3) is 0.889. The molecule has 6 nitrogen and oxygen atoms in total. The maximum absolute atomic E-state index is 10.0. The van der Waals surface area contributed by atoms with Crippen molar-refractivity contribution in [3.63, 3.8) is 0 Å². The quantitative estimate of drug-likeness (QED) is 0.109. The Bertz CT molecular complexity index is 344. The van der Waals surface area contributed by atoms with Crippen molar-refractivity contribution in [1.82, 2.24) is 0 Å². The van der Waals surface area contributed by atoms with Gasteiger partial charge in [-0.3, -0.25) is 17.4 Å². The molecule has 0 saturated carbocycles. The first-order valence-electron chi connectivity index (χ1n) is 13.1. The summed E-state index contributed by atoms with van der Waals surface area (Å²) in [5, 5.41) is 16.3. The van der Waals surface area contributed by atoms with Gasteiger partial charge in [-0.05, 0) is 20.3 Å². The van der Waals surface area contributed by atoms with Crippen molar-refractivity contribution in [3.05, 3.63) is 0 Å². The molecule has 0 bridgehead atoms. The number of unbranched alkanes of at least 4 members (excludes halogenated alkanes) is 14. The van der Waals surface area contributed by atoms with Crippen LogP contribution in [0, 0.1) is 0 Å². The van der Waals surface area contributed by atoms with Crippen LogP contribution in [0.15, 0.2) is 0 Å². The van der Waals surface area contributed by atoms with E-state index in [0.717, 1.165) is 46.1 Å². The number of hydrogen-bond donors (Lipinski definition) is 2. The van der Waals surface area contributed by atoms with Crippen LogP contribution in [0.5, 0.6) is 0 Å². The van der Waals surface area contributed by atoms with Gasteiger partial charge in [-0.1, -0.05) is 111 Å². The summed E-state index contributed by atoms with van der Waals surface area (Å²) in [5.74, 6) is -0.670. The minimum atomic E-state index is -0.670. The molecule has 2 N–H and O–H groups in total. The molecular weight excluding hydrogens is 468 g/mol. The van der Waals surface area contributed by atoms with Crippen LogP contribution >= 0.6 is 0 Å². The molecule has 0 amide bonds. The third-order valence-corrected chi connectivity index (χ3v) is 4.26. The van der Waals surface area contributed by atoms with Gasteiger partial charge in [0.05, 0.1) is 0 Å². The Morgan fingerprint density at radius 2 is 0.912 bits per heavy atom. The summed E-state index contributed by atoms with van der Waals surface area (Å²) in [6.07, 6.45) is 22.9. The van der Waals surface area contributed by atoms with Crippen LogP contribution in [0.25, 0.3) is 0 Å². The van der Waals surface area contributed by atoms with Crippen molar-refractivity contribution in [1.29, 1.82) is 0 Å². The van der Waals surface area contributed by atoms with E-state index in [0.29, 0.717) is 19.3 Å². The average Bonchev–Trinajstić information content (AvgIpc) is 2.80. The van der Waals surface area contributed by atoms with Gasteiger partial charge in [0, 0.05) is 12.5 Å². The fourth-order valence-corrected chi connectivity index (χ4v) is 2.48. The van der Waals surface area contributed by atoms with Crippen LogP contribution in [0.2, 0.25) is 0 Å². The number of carbonyl (C=O) groups excluding carboxylic acids is 2. The average molecular weight is 523 g/mol. The topological polar surface area (TPSA) is 109 Å².